The van der Waals surface area contributed by atoms with Crippen LogP contribution in [0.1, 0.15) is 32.1 Å². The number of aliphatic hydroxyl groups is 2. The second-order valence-corrected chi connectivity index (χ2v) is 6.04. The summed E-state index contributed by atoms with van der Waals surface area (Å²) < 4.78 is 0. The Balaban J connectivity index is 2.53. The number of carboxylic acids is 2. The first-order chi connectivity index (χ1) is 10.5. The lowest BCUT2D eigenvalue weighted by molar-refractivity contribution is -0.154. The SMILES string of the molecule is O=C(O)C1=C(CO)C(CO)C(C(=O)O)(C2CCCCC2)C=C1. The minimum atomic E-state index is -1.34. The van der Waals surface area contributed by atoms with Crippen LogP contribution in [0.3, 0.4) is 0 Å². The Morgan fingerprint density at radius 2 is 1.77 bits per heavy atom. The van der Waals surface area contributed by atoms with E-state index >= 15 is 0 Å². The van der Waals surface area contributed by atoms with Crippen LogP contribution in [0.2, 0.25) is 0 Å². The van der Waals surface area contributed by atoms with Gasteiger partial charge in [0.2, 0.25) is 0 Å². The molecule has 6 heteroatoms. The van der Waals surface area contributed by atoms with Crippen molar-refractivity contribution in [2.24, 2.45) is 17.3 Å². The van der Waals surface area contributed by atoms with Crippen molar-refractivity contribution >= 4 is 11.9 Å². The Hall–Kier alpha value is -1.66. The molecule has 2 unspecified atom stereocenters. The zero-order valence-corrected chi connectivity index (χ0v) is 12.4. The second-order valence-electron chi connectivity index (χ2n) is 6.04. The fourth-order valence-electron chi connectivity index (χ4n) is 3.98. The van der Waals surface area contributed by atoms with Crippen molar-refractivity contribution in [3.63, 3.8) is 0 Å². The van der Waals surface area contributed by atoms with Gasteiger partial charge in [-0.05, 0) is 24.3 Å². The molecule has 4 N–H and O–H groups in total. The van der Waals surface area contributed by atoms with Crippen molar-refractivity contribution in [1.29, 1.82) is 0 Å². The number of hydrogen-bond donors (Lipinski definition) is 4. The zero-order chi connectivity index (χ0) is 16.3. The predicted octanol–water partition coefficient (Wildman–Crippen LogP) is 1.19. The third-order valence-corrected chi connectivity index (χ3v) is 5.10. The van der Waals surface area contributed by atoms with Gasteiger partial charge in [0.05, 0.1) is 24.2 Å². The molecule has 122 valence electrons. The topological polar surface area (TPSA) is 115 Å². The monoisotopic (exact) mass is 310 g/mol. The van der Waals surface area contributed by atoms with Crippen LogP contribution in [0.4, 0.5) is 0 Å². The molecule has 2 atom stereocenters. The van der Waals surface area contributed by atoms with Gasteiger partial charge in [0.1, 0.15) is 0 Å². The number of rotatable bonds is 5. The Labute approximate surface area is 128 Å². The first kappa shape index (κ1) is 16.7. The van der Waals surface area contributed by atoms with E-state index in [1.54, 1.807) is 0 Å². The second kappa shape index (κ2) is 6.62. The molecule has 0 amide bonds. The molecule has 0 spiro atoms. The molecule has 2 aliphatic carbocycles. The quantitative estimate of drug-likeness (QED) is 0.606. The molecule has 0 aromatic carbocycles. The number of carboxylic acid groups (broad SMARTS) is 2. The predicted molar refractivity (Wildman–Crippen MR) is 78.1 cm³/mol. The number of hydrogen-bond acceptors (Lipinski definition) is 4. The largest absolute Gasteiger partial charge is 0.481 e. The fraction of sp³-hybridized carbons (Fsp3) is 0.625. The molecule has 0 aliphatic heterocycles. The van der Waals surface area contributed by atoms with E-state index in [1.165, 1.54) is 12.2 Å². The summed E-state index contributed by atoms with van der Waals surface area (Å²) in [6.07, 6.45) is 7.08. The van der Waals surface area contributed by atoms with Gasteiger partial charge in [-0.1, -0.05) is 31.4 Å². The van der Waals surface area contributed by atoms with Crippen molar-refractivity contribution in [1.82, 2.24) is 0 Å². The van der Waals surface area contributed by atoms with Gasteiger partial charge in [-0.15, -0.1) is 0 Å². The van der Waals surface area contributed by atoms with E-state index < -0.39 is 36.5 Å². The fourth-order valence-corrected chi connectivity index (χ4v) is 3.98. The van der Waals surface area contributed by atoms with Crippen molar-refractivity contribution < 1.29 is 30.0 Å². The first-order valence-electron chi connectivity index (χ1n) is 7.59. The summed E-state index contributed by atoms with van der Waals surface area (Å²) in [7, 11) is 0. The highest BCUT2D eigenvalue weighted by Crippen LogP contribution is 2.50. The van der Waals surface area contributed by atoms with Crippen molar-refractivity contribution in [3.8, 4) is 0 Å². The number of carbonyl (C=O) groups is 2. The maximum Gasteiger partial charge on any atom is 0.335 e. The zero-order valence-electron chi connectivity index (χ0n) is 12.4. The molecule has 0 heterocycles. The Morgan fingerprint density at radius 3 is 2.23 bits per heavy atom. The van der Waals surface area contributed by atoms with Crippen LogP contribution in [-0.4, -0.2) is 45.6 Å². The maximum absolute atomic E-state index is 12.1. The first-order valence-corrected chi connectivity index (χ1v) is 7.59. The summed E-state index contributed by atoms with van der Waals surface area (Å²) in [5.41, 5.74) is -1.36. The van der Waals surface area contributed by atoms with Crippen LogP contribution in [0, 0.1) is 17.3 Å². The number of aliphatic hydroxyl groups excluding tert-OH is 2. The molecule has 0 aromatic heterocycles. The molecule has 0 saturated heterocycles. The van der Waals surface area contributed by atoms with E-state index in [0.29, 0.717) is 0 Å². The minimum Gasteiger partial charge on any atom is -0.481 e. The summed E-state index contributed by atoms with van der Waals surface area (Å²) in [5.74, 6) is -3.36. The lowest BCUT2D eigenvalue weighted by Gasteiger charge is -2.44. The molecule has 0 aromatic rings. The van der Waals surface area contributed by atoms with E-state index in [9.17, 15) is 30.0 Å². The molecule has 2 aliphatic rings. The van der Waals surface area contributed by atoms with Crippen LogP contribution < -0.4 is 0 Å². The van der Waals surface area contributed by atoms with Gasteiger partial charge in [-0.3, -0.25) is 4.79 Å². The van der Waals surface area contributed by atoms with Crippen LogP contribution in [0.25, 0.3) is 0 Å². The molecule has 0 radical (unpaired) electrons. The summed E-state index contributed by atoms with van der Waals surface area (Å²) >= 11 is 0. The maximum atomic E-state index is 12.1. The van der Waals surface area contributed by atoms with Crippen LogP contribution in [-0.2, 0) is 9.59 Å². The molecular formula is C16H22O6. The third-order valence-electron chi connectivity index (χ3n) is 5.10. The van der Waals surface area contributed by atoms with Crippen molar-refractivity contribution in [3.05, 3.63) is 23.3 Å². The summed E-state index contributed by atoms with van der Waals surface area (Å²) in [4.78, 5) is 23.4. The molecule has 1 fully saturated rings. The lowest BCUT2D eigenvalue weighted by Crippen LogP contribution is -2.48. The standard InChI is InChI=1S/C16H22O6/c17-8-12-11(14(19)20)6-7-16(15(21)22,13(12)9-18)10-4-2-1-3-5-10/h6-7,10,13,17-18H,1-5,8-9H2,(H,19,20)(H,21,22). The van der Waals surface area contributed by atoms with Gasteiger partial charge in [0.15, 0.2) is 0 Å². The van der Waals surface area contributed by atoms with E-state index in [1.807, 2.05) is 0 Å². The third kappa shape index (κ3) is 2.57. The van der Waals surface area contributed by atoms with E-state index in [4.69, 9.17) is 0 Å². The number of aliphatic carboxylic acids is 2. The minimum absolute atomic E-state index is 0.102. The van der Waals surface area contributed by atoms with Gasteiger partial charge in [0, 0.05) is 5.92 Å². The van der Waals surface area contributed by atoms with E-state index in [-0.39, 0.29) is 17.1 Å². The van der Waals surface area contributed by atoms with Crippen molar-refractivity contribution in [2.75, 3.05) is 13.2 Å². The van der Waals surface area contributed by atoms with Crippen LogP contribution >= 0.6 is 0 Å². The summed E-state index contributed by atoms with van der Waals surface area (Å²) in [6.45, 7) is -1.07. The molecular weight excluding hydrogens is 288 g/mol. The lowest BCUT2D eigenvalue weighted by atomic mass is 9.58. The van der Waals surface area contributed by atoms with Gasteiger partial charge < -0.3 is 20.4 Å². The van der Waals surface area contributed by atoms with Gasteiger partial charge in [0.25, 0.3) is 0 Å². The smallest absolute Gasteiger partial charge is 0.335 e. The Kier molecular flexibility index (Phi) is 5.03. The summed E-state index contributed by atoms with van der Waals surface area (Å²) in [6, 6.07) is 0. The molecule has 2 rings (SSSR count). The van der Waals surface area contributed by atoms with Crippen molar-refractivity contribution in [2.45, 2.75) is 32.1 Å². The molecule has 6 nitrogen and oxygen atoms in total. The van der Waals surface area contributed by atoms with Crippen LogP contribution in [0.5, 0.6) is 0 Å². The van der Waals surface area contributed by atoms with Gasteiger partial charge in [-0.2, -0.15) is 0 Å². The highest BCUT2D eigenvalue weighted by molar-refractivity contribution is 5.93. The van der Waals surface area contributed by atoms with Gasteiger partial charge in [-0.25, -0.2) is 4.79 Å². The molecule has 22 heavy (non-hydrogen) atoms. The molecule has 1 saturated carbocycles. The molecule has 0 bridgehead atoms. The van der Waals surface area contributed by atoms with E-state index in [2.05, 4.69) is 0 Å². The highest BCUT2D eigenvalue weighted by atomic mass is 16.4. The summed E-state index contributed by atoms with van der Waals surface area (Å²) in [5, 5.41) is 38.4. The average Bonchev–Trinajstić information content (AvgIpc) is 2.53. The Bertz CT molecular complexity index is 515. The normalized spacial score (nSPS) is 29.6. The average molecular weight is 310 g/mol. The van der Waals surface area contributed by atoms with Gasteiger partial charge >= 0.3 is 11.9 Å². The van der Waals surface area contributed by atoms with Crippen LogP contribution in [0.15, 0.2) is 23.3 Å². The van der Waals surface area contributed by atoms with E-state index in [0.717, 1.165) is 32.1 Å². The Morgan fingerprint density at radius 1 is 1.14 bits per heavy atom. The highest BCUT2D eigenvalue weighted by Gasteiger charge is 2.53.